The molecule has 0 saturated heterocycles. The zero-order chi connectivity index (χ0) is 15.7. The summed E-state index contributed by atoms with van der Waals surface area (Å²) in [5, 5.41) is 9.31. The summed E-state index contributed by atoms with van der Waals surface area (Å²) in [6, 6.07) is 10.3. The number of carbonyl (C=O) groups excluding carboxylic acids is 1. The summed E-state index contributed by atoms with van der Waals surface area (Å²) in [4.78, 5) is 12.5. The Hall–Kier alpha value is -2.75. The van der Waals surface area contributed by atoms with E-state index in [0.717, 1.165) is 16.7 Å². The molecule has 0 bridgehead atoms. The van der Waals surface area contributed by atoms with Crippen LogP contribution in [0, 0.1) is 0 Å². The van der Waals surface area contributed by atoms with Gasteiger partial charge in [0.2, 0.25) is 0 Å². The second kappa shape index (κ2) is 5.56. The van der Waals surface area contributed by atoms with Gasteiger partial charge in [-0.15, -0.1) is 0 Å². The number of phenols is 1. The monoisotopic (exact) mass is 296 g/mol. The second-order valence-electron chi connectivity index (χ2n) is 5.13. The molecule has 0 radical (unpaired) electrons. The van der Waals surface area contributed by atoms with Gasteiger partial charge in [0.25, 0.3) is 0 Å². The van der Waals surface area contributed by atoms with E-state index in [2.05, 4.69) is 0 Å². The molecular weight excluding hydrogens is 280 g/mol. The summed E-state index contributed by atoms with van der Waals surface area (Å²) in [5.74, 6) is 1.39. The van der Waals surface area contributed by atoms with Crippen molar-refractivity contribution in [3.05, 3.63) is 58.7 Å². The summed E-state index contributed by atoms with van der Waals surface area (Å²) in [7, 11) is 3.13. The highest BCUT2D eigenvalue weighted by atomic mass is 16.5. The van der Waals surface area contributed by atoms with Crippen LogP contribution in [0.1, 0.15) is 21.5 Å². The smallest absolute Gasteiger partial charge is 0.189 e. The SMILES string of the molecule is COc1cc2c(cc1OC)C(=O)/C(=C\c1ccc(O)cc1)C2. The van der Waals surface area contributed by atoms with E-state index in [0.29, 0.717) is 23.5 Å². The van der Waals surface area contributed by atoms with E-state index < -0.39 is 0 Å². The maximum absolute atomic E-state index is 12.5. The lowest BCUT2D eigenvalue weighted by molar-refractivity contribution is 0.104. The molecule has 4 heteroatoms. The Morgan fingerprint density at radius 1 is 1.05 bits per heavy atom. The predicted molar refractivity (Wildman–Crippen MR) is 83.7 cm³/mol. The van der Waals surface area contributed by atoms with Crippen molar-refractivity contribution < 1.29 is 19.4 Å². The lowest BCUT2D eigenvalue weighted by atomic mass is 10.1. The van der Waals surface area contributed by atoms with Crippen LogP contribution in [0.25, 0.3) is 6.08 Å². The summed E-state index contributed by atoms with van der Waals surface area (Å²) < 4.78 is 10.5. The number of methoxy groups -OCH3 is 2. The van der Waals surface area contributed by atoms with E-state index in [9.17, 15) is 9.90 Å². The molecule has 1 aliphatic rings. The number of allylic oxidation sites excluding steroid dienone is 1. The molecule has 3 rings (SSSR count). The van der Waals surface area contributed by atoms with Gasteiger partial charge in [-0.05, 0) is 41.5 Å². The Balaban J connectivity index is 1.98. The number of hydrogen-bond donors (Lipinski definition) is 1. The fourth-order valence-electron chi connectivity index (χ4n) is 2.63. The Morgan fingerprint density at radius 3 is 2.32 bits per heavy atom. The summed E-state index contributed by atoms with van der Waals surface area (Å²) >= 11 is 0. The predicted octanol–water partition coefficient (Wildman–Crippen LogP) is 3.23. The molecule has 0 amide bonds. The molecule has 1 aliphatic carbocycles. The van der Waals surface area contributed by atoms with Crippen molar-refractivity contribution in [3.8, 4) is 17.2 Å². The standard InChI is InChI=1S/C18H16O4/c1-21-16-9-12-8-13(7-11-3-5-14(19)6-4-11)18(20)15(12)10-17(16)22-2/h3-7,9-10,19H,8H2,1-2H3/b13-7-. The number of rotatable bonds is 3. The number of hydrogen-bond acceptors (Lipinski definition) is 4. The maximum Gasteiger partial charge on any atom is 0.189 e. The molecule has 0 atom stereocenters. The molecule has 0 aliphatic heterocycles. The van der Waals surface area contributed by atoms with Crippen LogP contribution in [0.4, 0.5) is 0 Å². The van der Waals surface area contributed by atoms with Gasteiger partial charge in [-0.3, -0.25) is 4.79 Å². The molecule has 0 fully saturated rings. The molecule has 4 nitrogen and oxygen atoms in total. The van der Waals surface area contributed by atoms with Gasteiger partial charge in [-0.25, -0.2) is 0 Å². The Bertz CT molecular complexity index is 757. The maximum atomic E-state index is 12.5. The molecule has 2 aromatic rings. The number of ether oxygens (including phenoxy) is 2. The van der Waals surface area contributed by atoms with Crippen molar-refractivity contribution in [2.45, 2.75) is 6.42 Å². The summed E-state index contributed by atoms with van der Waals surface area (Å²) in [5.41, 5.74) is 3.19. The van der Waals surface area contributed by atoms with E-state index in [-0.39, 0.29) is 11.5 Å². The summed E-state index contributed by atoms with van der Waals surface area (Å²) in [6.07, 6.45) is 2.41. The zero-order valence-electron chi connectivity index (χ0n) is 12.4. The third-order valence-electron chi connectivity index (χ3n) is 3.76. The molecule has 0 saturated carbocycles. The topological polar surface area (TPSA) is 55.8 Å². The fourth-order valence-corrected chi connectivity index (χ4v) is 2.63. The first kappa shape index (κ1) is 14.2. The molecule has 2 aromatic carbocycles. The van der Waals surface area contributed by atoms with Gasteiger partial charge in [-0.1, -0.05) is 12.1 Å². The van der Waals surface area contributed by atoms with Crippen LogP contribution < -0.4 is 9.47 Å². The molecule has 0 unspecified atom stereocenters. The van der Waals surface area contributed by atoms with Crippen LogP contribution >= 0.6 is 0 Å². The van der Waals surface area contributed by atoms with Crippen LogP contribution in [-0.4, -0.2) is 25.1 Å². The van der Waals surface area contributed by atoms with Crippen molar-refractivity contribution in [3.63, 3.8) is 0 Å². The second-order valence-corrected chi connectivity index (χ2v) is 5.13. The number of carbonyl (C=O) groups is 1. The third kappa shape index (κ3) is 2.44. The van der Waals surface area contributed by atoms with Crippen molar-refractivity contribution >= 4 is 11.9 Å². The van der Waals surface area contributed by atoms with Gasteiger partial charge in [0.05, 0.1) is 14.2 Å². The van der Waals surface area contributed by atoms with Crippen LogP contribution in [0.5, 0.6) is 17.2 Å². The fraction of sp³-hybridized carbons (Fsp3) is 0.167. The molecule has 112 valence electrons. The quantitative estimate of drug-likeness (QED) is 0.884. The number of ketones is 1. The number of aromatic hydroxyl groups is 1. The number of Topliss-reactive ketones (excluding diaryl/α,β-unsaturated/α-hetero) is 1. The first-order chi connectivity index (χ1) is 10.6. The largest absolute Gasteiger partial charge is 0.508 e. The number of benzene rings is 2. The molecule has 0 spiro atoms. The van der Waals surface area contributed by atoms with Crippen molar-refractivity contribution in [1.82, 2.24) is 0 Å². The van der Waals surface area contributed by atoms with E-state index in [1.54, 1.807) is 44.6 Å². The molecular formula is C18H16O4. The highest BCUT2D eigenvalue weighted by molar-refractivity contribution is 6.15. The molecule has 22 heavy (non-hydrogen) atoms. The van der Waals surface area contributed by atoms with Gasteiger partial charge in [0.1, 0.15) is 5.75 Å². The van der Waals surface area contributed by atoms with Crippen LogP contribution in [0.3, 0.4) is 0 Å². The first-order valence-electron chi connectivity index (χ1n) is 6.91. The average Bonchev–Trinajstić information content (AvgIpc) is 2.83. The highest BCUT2D eigenvalue weighted by Crippen LogP contribution is 2.37. The minimum absolute atomic E-state index is 0.00373. The van der Waals surface area contributed by atoms with Crippen LogP contribution in [-0.2, 0) is 6.42 Å². The van der Waals surface area contributed by atoms with Crippen molar-refractivity contribution in [1.29, 1.82) is 0 Å². The Morgan fingerprint density at radius 2 is 1.68 bits per heavy atom. The van der Waals surface area contributed by atoms with Crippen molar-refractivity contribution in [2.24, 2.45) is 0 Å². The van der Waals surface area contributed by atoms with Gasteiger partial charge >= 0.3 is 0 Å². The number of phenolic OH excluding ortho intramolecular Hbond substituents is 1. The lowest BCUT2D eigenvalue weighted by Gasteiger charge is -2.08. The normalized spacial score (nSPS) is 15.0. The van der Waals surface area contributed by atoms with E-state index in [1.807, 2.05) is 12.1 Å². The van der Waals surface area contributed by atoms with Gasteiger partial charge in [-0.2, -0.15) is 0 Å². The molecule has 0 aromatic heterocycles. The minimum Gasteiger partial charge on any atom is -0.508 e. The van der Waals surface area contributed by atoms with Gasteiger partial charge in [0, 0.05) is 17.6 Å². The van der Waals surface area contributed by atoms with Crippen molar-refractivity contribution in [2.75, 3.05) is 14.2 Å². The number of fused-ring (bicyclic) bond motifs is 1. The first-order valence-corrected chi connectivity index (χ1v) is 6.91. The van der Waals surface area contributed by atoms with Gasteiger partial charge < -0.3 is 14.6 Å². The highest BCUT2D eigenvalue weighted by Gasteiger charge is 2.27. The molecule has 0 heterocycles. The van der Waals surface area contributed by atoms with E-state index in [4.69, 9.17) is 9.47 Å². The Labute approximate surface area is 128 Å². The zero-order valence-corrected chi connectivity index (χ0v) is 12.4. The third-order valence-corrected chi connectivity index (χ3v) is 3.76. The lowest BCUT2D eigenvalue weighted by Crippen LogP contribution is -1.97. The van der Waals surface area contributed by atoms with Crippen LogP contribution in [0.2, 0.25) is 0 Å². The van der Waals surface area contributed by atoms with E-state index >= 15 is 0 Å². The Kier molecular flexibility index (Phi) is 3.59. The van der Waals surface area contributed by atoms with Crippen LogP contribution in [0.15, 0.2) is 42.0 Å². The average molecular weight is 296 g/mol. The van der Waals surface area contributed by atoms with Gasteiger partial charge in [0.15, 0.2) is 17.3 Å². The van der Waals surface area contributed by atoms with E-state index in [1.165, 1.54) is 0 Å². The summed E-state index contributed by atoms with van der Waals surface area (Å²) in [6.45, 7) is 0. The molecule has 1 N–H and O–H groups in total. The minimum atomic E-state index is 0.00373.